The van der Waals surface area contributed by atoms with E-state index in [9.17, 15) is 4.79 Å². The smallest absolute Gasteiger partial charge is 0.150 e. The maximum atomic E-state index is 11.1. The zero-order valence-corrected chi connectivity index (χ0v) is 9.90. The van der Waals surface area contributed by atoms with Crippen molar-refractivity contribution >= 4 is 5.78 Å². The van der Waals surface area contributed by atoms with E-state index >= 15 is 0 Å². The highest BCUT2D eigenvalue weighted by molar-refractivity contribution is 5.79. The van der Waals surface area contributed by atoms with Crippen molar-refractivity contribution in [2.45, 2.75) is 45.2 Å². The topological polar surface area (TPSA) is 46.3 Å². The van der Waals surface area contributed by atoms with E-state index in [4.69, 9.17) is 4.52 Å². The Labute approximate surface area is 95.6 Å². The van der Waals surface area contributed by atoms with E-state index < -0.39 is 0 Å². The normalized spacial score (nSPS) is 18.3. The quantitative estimate of drug-likeness (QED) is 0.784. The third-order valence-electron chi connectivity index (χ3n) is 3.22. The standard InChI is InChI=1S/C12H18N2O2/c1-9-7-12(16-13-9)8-14(2)10-3-5-11(15)6-4-10/h7,10H,3-6,8H2,1-2H3. The molecule has 1 saturated carbocycles. The zero-order valence-electron chi connectivity index (χ0n) is 9.90. The average molecular weight is 222 g/mol. The molecule has 1 aliphatic rings. The van der Waals surface area contributed by atoms with Gasteiger partial charge in [-0.05, 0) is 26.8 Å². The van der Waals surface area contributed by atoms with E-state index in [1.807, 2.05) is 13.0 Å². The number of carbonyl (C=O) groups is 1. The third-order valence-corrected chi connectivity index (χ3v) is 3.22. The number of Topliss-reactive ketones (excluding diaryl/α,β-unsaturated/α-hetero) is 1. The minimum absolute atomic E-state index is 0.403. The molecule has 1 aromatic rings. The van der Waals surface area contributed by atoms with E-state index in [0.717, 1.165) is 43.7 Å². The minimum Gasteiger partial charge on any atom is -0.360 e. The lowest BCUT2D eigenvalue weighted by Gasteiger charge is -2.29. The fourth-order valence-electron chi connectivity index (χ4n) is 2.23. The van der Waals surface area contributed by atoms with Crippen LogP contribution in [0.5, 0.6) is 0 Å². The molecule has 0 saturated heterocycles. The van der Waals surface area contributed by atoms with Gasteiger partial charge in [-0.2, -0.15) is 0 Å². The maximum absolute atomic E-state index is 11.1. The first-order valence-electron chi connectivity index (χ1n) is 5.79. The highest BCUT2D eigenvalue weighted by Crippen LogP contribution is 2.21. The highest BCUT2D eigenvalue weighted by Gasteiger charge is 2.22. The van der Waals surface area contributed by atoms with Gasteiger partial charge in [-0.1, -0.05) is 5.16 Å². The van der Waals surface area contributed by atoms with Gasteiger partial charge in [0.05, 0.1) is 12.2 Å². The van der Waals surface area contributed by atoms with E-state index in [1.165, 1.54) is 0 Å². The summed E-state index contributed by atoms with van der Waals surface area (Å²) >= 11 is 0. The van der Waals surface area contributed by atoms with Crippen molar-refractivity contribution in [1.29, 1.82) is 0 Å². The number of aromatic nitrogens is 1. The lowest BCUT2D eigenvalue weighted by Crippen LogP contribution is -2.34. The number of nitrogens with zero attached hydrogens (tertiary/aromatic N) is 2. The van der Waals surface area contributed by atoms with Crippen LogP contribution in [-0.4, -0.2) is 28.9 Å². The Balaban J connectivity index is 1.88. The predicted molar refractivity (Wildman–Crippen MR) is 60.0 cm³/mol. The second-order valence-electron chi connectivity index (χ2n) is 4.62. The van der Waals surface area contributed by atoms with Gasteiger partial charge in [0.2, 0.25) is 0 Å². The zero-order chi connectivity index (χ0) is 11.5. The summed E-state index contributed by atoms with van der Waals surface area (Å²) in [5, 5.41) is 3.87. The van der Waals surface area contributed by atoms with E-state index in [2.05, 4.69) is 17.1 Å². The number of hydrogen-bond acceptors (Lipinski definition) is 4. The van der Waals surface area contributed by atoms with Crippen LogP contribution in [0, 0.1) is 6.92 Å². The Morgan fingerprint density at radius 3 is 2.75 bits per heavy atom. The van der Waals surface area contributed by atoms with Crippen LogP contribution in [-0.2, 0) is 11.3 Å². The summed E-state index contributed by atoms with van der Waals surface area (Å²) < 4.78 is 5.19. The molecule has 2 rings (SSSR count). The first-order valence-corrected chi connectivity index (χ1v) is 5.79. The van der Waals surface area contributed by atoms with Gasteiger partial charge in [0.15, 0.2) is 5.76 Å². The molecule has 1 aromatic heterocycles. The predicted octanol–water partition coefficient (Wildman–Crippen LogP) is 1.93. The molecule has 0 bridgehead atoms. The van der Waals surface area contributed by atoms with Crippen molar-refractivity contribution < 1.29 is 9.32 Å². The highest BCUT2D eigenvalue weighted by atomic mass is 16.5. The van der Waals surface area contributed by atoms with Crippen molar-refractivity contribution in [3.05, 3.63) is 17.5 Å². The Morgan fingerprint density at radius 2 is 2.19 bits per heavy atom. The van der Waals surface area contributed by atoms with E-state index in [0.29, 0.717) is 11.8 Å². The molecule has 0 atom stereocenters. The van der Waals surface area contributed by atoms with Crippen molar-refractivity contribution in [2.24, 2.45) is 0 Å². The fourth-order valence-corrected chi connectivity index (χ4v) is 2.23. The molecule has 4 heteroatoms. The second-order valence-corrected chi connectivity index (χ2v) is 4.62. The molecule has 0 spiro atoms. The molecule has 1 fully saturated rings. The van der Waals surface area contributed by atoms with Gasteiger partial charge < -0.3 is 4.52 Å². The maximum Gasteiger partial charge on any atom is 0.150 e. The molecule has 1 heterocycles. The van der Waals surface area contributed by atoms with E-state index in [1.54, 1.807) is 0 Å². The molecule has 0 unspecified atom stereocenters. The van der Waals surface area contributed by atoms with Gasteiger partial charge in [0, 0.05) is 24.9 Å². The number of carbonyl (C=O) groups excluding carboxylic acids is 1. The van der Waals surface area contributed by atoms with Gasteiger partial charge in [-0.15, -0.1) is 0 Å². The Morgan fingerprint density at radius 1 is 1.50 bits per heavy atom. The van der Waals surface area contributed by atoms with Crippen LogP contribution in [0.25, 0.3) is 0 Å². The molecule has 0 aromatic carbocycles. The molecule has 1 aliphatic carbocycles. The fraction of sp³-hybridized carbons (Fsp3) is 0.667. The van der Waals surface area contributed by atoms with Crippen LogP contribution < -0.4 is 0 Å². The average Bonchev–Trinajstić information content (AvgIpc) is 2.65. The summed E-state index contributed by atoms with van der Waals surface area (Å²) in [5.74, 6) is 1.30. The monoisotopic (exact) mass is 222 g/mol. The van der Waals surface area contributed by atoms with Crippen LogP contribution in [0.4, 0.5) is 0 Å². The number of hydrogen-bond donors (Lipinski definition) is 0. The lowest BCUT2D eigenvalue weighted by molar-refractivity contribution is -0.121. The van der Waals surface area contributed by atoms with Gasteiger partial charge in [0.25, 0.3) is 0 Å². The van der Waals surface area contributed by atoms with Crippen molar-refractivity contribution in [1.82, 2.24) is 10.1 Å². The summed E-state index contributed by atoms with van der Waals surface area (Å²) in [7, 11) is 2.08. The summed E-state index contributed by atoms with van der Waals surface area (Å²) in [5.41, 5.74) is 0.919. The molecule has 4 nitrogen and oxygen atoms in total. The number of rotatable bonds is 3. The van der Waals surface area contributed by atoms with Crippen LogP contribution in [0.1, 0.15) is 37.1 Å². The number of aryl methyl sites for hydroxylation is 1. The number of ketones is 1. The second kappa shape index (κ2) is 4.78. The Hall–Kier alpha value is -1.16. The van der Waals surface area contributed by atoms with Gasteiger partial charge >= 0.3 is 0 Å². The van der Waals surface area contributed by atoms with Crippen LogP contribution in [0.2, 0.25) is 0 Å². The summed E-state index contributed by atoms with van der Waals surface area (Å²) in [4.78, 5) is 13.4. The Kier molecular flexibility index (Phi) is 3.39. The molecule has 0 N–H and O–H groups in total. The largest absolute Gasteiger partial charge is 0.360 e. The lowest BCUT2D eigenvalue weighted by atomic mass is 9.93. The van der Waals surface area contributed by atoms with Gasteiger partial charge in [0.1, 0.15) is 5.78 Å². The van der Waals surface area contributed by atoms with Crippen LogP contribution >= 0.6 is 0 Å². The molecule has 0 amide bonds. The summed E-state index contributed by atoms with van der Waals surface area (Å²) in [6.07, 6.45) is 3.40. The molecular formula is C12H18N2O2. The summed E-state index contributed by atoms with van der Waals surface area (Å²) in [6, 6.07) is 2.47. The molecule has 88 valence electrons. The Bertz CT molecular complexity index is 363. The molecule has 0 aliphatic heterocycles. The van der Waals surface area contributed by atoms with E-state index in [-0.39, 0.29) is 0 Å². The molecule has 16 heavy (non-hydrogen) atoms. The van der Waals surface area contributed by atoms with Gasteiger partial charge in [-0.25, -0.2) is 0 Å². The SMILES string of the molecule is Cc1cc(CN(C)C2CCC(=O)CC2)on1. The minimum atomic E-state index is 0.403. The first kappa shape index (κ1) is 11.3. The van der Waals surface area contributed by atoms with Gasteiger partial charge in [-0.3, -0.25) is 9.69 Å². The molecular weight excluding hydrogens is 204 g/mol. The summed E-state index contributed by atoms with van der Waals surface area (Å²) in [6.45, 7) is 2.70. The van der Waals surface area contributed by atoms with Crippen LogP contribution in [0.3, 0.4) is 0 Å². The van der Waals surface area contributed by atoms with Crippen molar-refractivity contribution in [3.8, 4) is 0 Å². The third kappa shape index (κ3) is 2.70. The van der Waals surface area contributed by atoms with Crippen molar-refractivity contribution in [2.75, 3.05) is 7.05 Å². The van der Waals surface area contributed by atoms with Crippen LogP contribution in [0.15, 0.2) is 10.6 Å². The van der Waals surface area contributed by atoms with Crippen molar-refractivity contribution in [3.63, 3.8) is 0 Å². The molecule has 0 radical (unpaired) electrons. The first-order chi connectivity index (χ1) is 7.65.